The van der Waals surface area contributed by atoms with Crippen LogP contribution in [0.2, 0.25) is 0 Å². The van der Waals surface area contributed by atoms with Crippen LogP contribution in [0.4, 0.5) is 5.69 Å². The van der Waals surface area contributed by atoms with E-state index in [1.807, 2.05) is 0 Å². The number of rotatable bonds is 6. The average Bonchev–Trinajstić information content (AvgIpc) is 2.38. The minimum absolute atomic E-state index is 0.217. The van der Waals surface area contributed by atoms with Gasteiger partial charge >= 0.3 is 5.97 Å². The summed E-state index contributed by atoms with van der Waals surface area (Å²) in [4.78, 5) is 32.7. The van der Waals surface area contributed by atoms with Crippen molar-refractivity contribution in [1.29, 1.82) is 0 Å². The summed E-state index contributed by atoms with van der Waals surface area (Å²) in [6.07, 6.45) is -0.963. The van der Waals surface area contributed by atoms with E-state index in [1.165, 1.54) is 19.1 Å². The number of carboxylic acid groups (broad SMARTS) is 1. The average molecular weight is 282 g/mol. The van der Waals surface area contributed by atoms with Crippen LogP contribution in [0.1, 0.15) is 24.2 Å². The Morgan fingerprint density at radius 2 is 2.15 bits per heavy atom. The van der Waals surface area contributed by atoms with E-state index < -0.39 is 34.2 Å². The minimum atomic E-state index is -1.49. The Morgan fingerprint density at radius 3 is 2.65 bits per heavy atom. The number of carbonyl (C=O) groups is 2. The predicted molar refractivity (Wildman–Crippen MR) is 68.8 cm³/mol. The second-order valence-electron chi connectivity index (χ2n) is 3.87. The molecule has 0 aliphatic heterocycles. The van der Waals surface area contributed by atoms with Crippen LogP contribution >= 0.6 is 0 Å². The van der Waals surface area contributed by atoms with Crippen LogP contribution in [0, 0.1) is 10.1 Å². The first kappa shape index (κ1) is 15.4. The quantitative estimate of drug-likeness (QED) is 0.597. The fourth-order valence-electron chi connectivity index (χ4n) is 1.55. The van der Waals surface area contributed by atoms with Gasteiger partial charge in [-0.2, -0.15) is 0 Å². The molecular weight excluding hydrogens is 268 g/mol. The molecule has 20 heavy (non-hydrogen) atoms. The minimum Gasteiger partial charge on any atom is -0.480 e. The third-order valence-electron chi connectivity index (χ3n) is 2.44. The lowest BCUT2D eigenvalue weighted by molar-refractivity contribution is -0.385. The summed E-state index contributed by atoms with van der Waals surface area (Å²) in [5.74, 6) is -2.14. The molecule has 108 valence electrons. The first-order chi connectivity index (χ1) is 9.38. The molecule has 1 amide bonds. The van der Waals surface area contributed by atoms with Crippen molar-refractivity contribution >= 4 is 17.6 Å². The Morgan fingerprint density at radius 1 is 1.50 bits per heavy atom. The molecule has 1 aromatic carbocycles. The molecule has 0 fully saturated rings. The second kappa shape index (κ2) is 6.50. The molecule has 8 heteroatoms. The van der Waals surface area contributed by atoms with Crippen LogP contribution < -0.4 is 10.1 Å². The molecule has 0 aromatic heterocycles. The smallest absolute Gasteiger partial charge is 0.346 e. The van der Waals surface area contributed by atoms with Gasteiger partial charge in [-0.3, -0.25) is 14.9 Å². The zero-order valence-corrected chi connectivity index (χ0v) is 11.0. The van der Waals surface area contributed by atoms with Crippen LogP contribution in [-0.2, 0) is 4.79 Å². The molecule has 1 atom stereocenters. The number of hydrogen-bond acceptors (Lipinski definition) is 5. The number of benzene rings is 1. The number of carbonyl (C=O) groups excluding carboxylic acids is 1. The van der Waals surface area contributed by atoms with Gasteiger partial charge in [0.15, 0.2) is 11.7 Å². The molecule has 0 aliphatic rings. The molecular formula is C12H14N2O6. The molecule has 2 N–H and O–H groups in total. The third kappa shape index (κ3) is 3.44. The van der Waals surface area contributed by atoms with Crippen molar-refractivity contribution in [3.63, 3.8) is 0 Å². The number of carboxylic acids is 1. The molecule has 1 rings (SSSR count). The van der Waals surface area contributed by atoms with Gasteiger partial charge in [0.2, 0.25) is 0 Å². The van der Waals surface area contributed by atoms with Gasteiger partial charge in [0.1, 0.15) is 5.75 Å². The van der Waals surface area contributed by atoms with Gasteiger partial charge in [-0.15, -0.1) is 0 Å². The molecule has 0 radical (unpaired) electrons. The Hall–Kier alpha value is -2.64. The predicted octanol–water partition coefficient (Wildman–Crippen LogP) is 1.20. The molecule has 1 unspecified atom stereocenters. The van der Waals surface area contributed by atoms with E-state index in [9.17, 15) is 19.7 Å². The molecule has 0 saturated carbocycles. The lowest BCUT2D eigenvalue weighted by Gasteiger charge is -2.15. The third-order valence-corrected chi connectivity index (χ3v) is 2.44. The Bertz CT molecular complexity index is 543. The van der Waals surface area contributed by atoms with E-state index >= 15 is 0 Å². The summed E-state index contributed by atoms with van der Waals surface area (Å²) in [6.45, 7) is 3.55. The summed E-state index contributed by atoms with van der Waals surface area (Å²) < 4.78 is 5.21. The number of nitrogens with zero attached hydrogens (tertiary/aromatic N) is 1. The summed E-state index contributed by atoms with van der Waals surface area (Å²) in [5.41, 5.74) is -1.16. The highest BCUT2D eigenvalue weighted by Crippen LogP contribution is 2.28. The zero-order valence-electron chi connectivity index (χ0n) is 11.0. The van der Waals surface area contributed by atoms with Gasteiger partial charge in [-0.1, -0.05) is 6.07 Å². The van der Waals surface area contributed by atoms with Gasteiger partial charge in [0.25, 0.3) is 11.6 Å². The van der Waals surface area contributed by atoms with Crippen molar-refractivity contribution < 1.29 is 24.4 Å². The summed E-state index contributed by atoms with van der Waals surface area (Å²) in [5, 5.41) is 22.4. The number of aromatic carboxylic acids is 1. The van der Waals surface area contributed by atoms with Crippen LogP contribution in [0.5, 0.6) is 5.75 Å². The number of nitro benzene ring substituents is 1. The van der Waals surface area contributed by atoms with Gasteiger partial charge in [-0.05, 0) is 19.9 Å². The van der Waals surface area contributed by atoms with Gasteiger partial charge < -0.3 is 15.2 Å². The molecule has 0 bridgehead atoms. The number of ether oxygens (including phenoxy) is 1. The number of amides is 1. The van der Waals surface area contributed by atoms with Crippen LogP contribution in [0.25, 0.3) is 0 Å². The fraction of sp³-hybridized carbons (Fsp3) is 0.333. The maximum absolute atomic E-state index is 11.5. The first-order valence-electron chi connectivity index (χ1n) is 5.83. The molecule has 8 nitrogen and oxygen atoms in total. The van der Waals surface area contributed by atoms with Crippen molar-refractivity contribution in [3.05, 3.63) is 33.9 Å². The van der Waals surface area contributed by atoms with Gasteiger partial charge in [-0.25, -0.2) is 4.79 Å². The highest BCUT2D eigenvalue weighted by atomic mass is 16.6. The van der Waals surface area contributed by atoms with Crippen molar-refractivity contribution in [2.45, 2.75) is 20.0 Å². The molecule has 0 heterocycles. The SMILES string of the molecule is CCNC(=O)C(C)Oc1cccc([N+](=O)[O-])c1C(=O)O. The fourth-order valence-corrected chi connectivity index (χ4v) is 1.55. The largest absolute Gasteiger partial charge is 0.480 e. The molecule has 0 spiro atoms. The number of nitrogens with one attached hydrogen (secondary N) is 1. The number of nitro groups is 1. The van der Waals surface area contributed by atoms with Gasteiger partial charge in [0.05, 0.1) is 4.92 Å². The highest BCUT2D eigenvalue weighted by Gasteiger charge is 2.26. The summed E-state index contributed by atoms with van der Waals surface area (Å²) >= 11 is 0. The maximum atomic E-state index is 11.5. The van der Waals surface area contributed by atoms with E-state index in [4.69, 9.17) is 9.84 Å². The highest BCUT2D eigenvalue weighted by molar-refractivity contribution is 5.95. The van der Waals surface area contributed by atoms with Crippen LogP contribution in [0.15, 0.2) is 18.2 Å². The van der Waals surface area contributed by atoms with Crippen molar-refractivity contribution in [3.8, 4) is 5.75 Å². The number of hydrogen-bond donors (Lipinski definition) is 2. The van der Waals surface area contributed by atoms with Crippen LogP contribution in [0.3, 0.4) is 0 Å². The standard InChI is InChI=1S/C12H14N2O6/c1-3-13-11(15)7(2)20-9-6-4-5-8(14(18)19)10(9)12(16)17/h4-7H,3H2,1-2H3,(H,13,15)(H,16,17). The Kier molecular flexibility index (Phi) is 5.01. The zero-order chi connectivity index (χ0) is 15.3. The normalized spacial score (nSPS) is 11.5. The number of likely N-dealkylation sites (N-methyl/N-ethyl adjacent to an activating group) is 1. The van der Waals surface area contributed by atoms with Crippen molar-refractivity contribution in [1.82, 2.24) is 5.32 Å². The lowest BCUT2D eigenvalue weighted by Crippen LogP contribution is -2.36. The Balaban J connectivity index is 3.12. The molecule has 1 aromatic rings. The van der Waals surface area contributed by atoms with E-state index in [0.29, 0.717) is 6.54 Å². The van der Waals surface area contributed by atoms with E-state index in [-0.39, 0.29) is 5.75 Å². The van der Waals surface area contributed by atoms with E-state index in [2.05, 4.69) is 5.32 Å². The monoisotopic (exact) mass is 282 g/mol. The van der Waals surface area contributed by atoms with E-state index in [0.717, 1.165) is 6.07 Å². The maximum Gasteiger partial charge on any atom is 0.346 e. The lowest BCUT2D eigenvalue weighted by atomic mass is 10.1. The van der Waals surface area contributed by atoms with E-state index in [1.54, 1.807) is 6.92 Å². The molecule has 0 aliphatic carbocycles. The Labute approximate surface area is 114 Å². The first-order valence-corrected chi connectivity index (χ1v) is 5.83. The molecule has 0 saturated heterocycles. The van der Waals surface area contributed by atoms with Crippen molar-refractivity contribution in [2.24, 2.45) is 0 Å². The second-order valence-corrected chi connectivity index (χ2v) is 3.87. The van der Waals surface area contributed by atoms with Gasteiger partial charge in [0, 0.05) is 12.6 Å². The topological polar surface area (TPSA) is 119 Å². The summed E-state index contributed by atoms with van der Waals surface area (Å²) in [6, 6.07) is 3.63. The summed E-state index contributed by atoms with van der Waals surface area (Å²) in [7, 11) is 0. The van der Waals surface area contributed by atoms with Crippen LogP contribution in [-0.4, -0.2) is 34.6 Å². The van der Waals surface area contributed by atoms with Crippen molar-refractivity contribution in [2.75, 3.05) is 6.54 Å².